The van der Waals surface area contributed by atoms with Crippen LogP contribution in [-0.4, -0.2) is 72.0 Å². The number of hydrogen-bond donors (Lipinski definition) is 3. The van der Waals surface area contributed by atoms with Crippen molar-refractivity contribution in [1.82, 2.24) is 10.2 Å². The molecule has 0 saturated carbocycles. The maximum atomic E-state index is 12.5. The van der Waals surface area contributed by atoms with Crippen LogP contribution in [0.25, 0.3) is 11.1 Å². The molecule has 37 heavy (non-hydrogen) atoms. The first-order valence-electron chi connectivity index (χ1n) is 11.1. The van der Waals surface area contributed by atoms with Gasteiger partial charge in [0.05, 0.1) is 24.7 Å². The number of carboxylic acid groups (broad SMARTS) is 2. The number of aliphatic carboxylic acids is 1. The topological polar surface area (TPSA) is 116 Å². The van der Waals surface area contributed by atoms with Crippen molar-refractivity contribution in [3.63, 3.8) is 0 Å². The lowest BCUT2D eigenvalue weighted by Gasteiger charge is -2.38. The van der Waals surface area contributed by atoms with E-state index in [0.29, 0.717) is 42.9 Å². The van der Waals surface area contributed by atoms with Crippen molar-refractivity contribution < 1.29 is 42.5 Å². The number of carboxylic acids is 2. The molecular weight excluding hydrogens is 540 g/mol. The number of nitrogens with one attached hydrogen (secondary N) is 1. The molecule has 3 N–H and O–H groups in total. The number of halogens is 5. The Morgan fingerprint density at radius 1 is 1.03 bits per heavy atom. The highest BCUT2D eigenvalue weighted by molar-refractivity contribution is 6.36. The Morgan fingerprint density at radius 2 is 1.57 bits per heavy atom. The summed E-state index contributed by atoms with van der Waals surface area (Å²) in [7, 11) is 0. The number of hydrogen-bond acceptors (Lipinski definition) is 5. The van der Waals surface area contributed by atoms with E-state index < -0.39 is 18.1 Å². The molecule has 2 saturated heterocycles. The second kappa shape index (κ2) is 12.1. The summed E-state index contributed by atoms with van der Waals surface area (Å²) in [5, 5.41) is 20.1. The fourth-order valence-corrected chi connectivity index (χ4v) is 4.96. The molecule has 2 aliphatic heterocycles. The Bertz CT molecular complexity index is 1130. The predicted molar refractivity (Wildman–Crippen MR) is 129 cm³/mol. The molecule has 0 aliphatic carbocycles. The van der Waals surface area contributed by atoms with Gasteiger partial charge in [-0.3, -0.25) is 9.69 Å². The Hall–Kier alpha value is -2.86. The summed E-state index contributed by atoms with van der Waals surface area (Å²) in [5.41, 5.74) is 2.58. The van der Waals surface area contributed by atoms with Gasteiger partial charge in [-0.1, -0.05) is 35.3 Å². The number of ether oxygens (including phenoxy) is 1. The molecule has 4 rings (SSSR count). The van der Waals surface area contributed by atoms with Crippen molar-refractivity contribution in [3.05, 3.63) is 57.6 Å². The first kappa shape index (κ1) is 28.7. The largest absolute Gasteiger partial charge is 0.490 e. The molecule has 2 heterocycles. The van der Waals surface area contributed by atoms with Crippen LogP contribution in [0.3, 0.4) is 0 Å². The van der Waals surface area contributed by atoms with Gasteiger partial charge in [0.2, 0.25) is 5.91 Å². The first-order valence-corrected chi connectivity index (χ1v) is 11.9. The Labute approximate surface area is 219 Å². The van der Waals surface area contributed by atoms with Crippen molar-refractivity contribution in [3.8, 4) is 11.1 Å². The highest BCUT2D eigenvalue weighted by Gasteiger charge is 2.40. The van der Waals surface area contributed by atoms with Gasteiger partial charge < -0.3 is 20.3 Å². The Morgan fingerprint density at radius 3 is 2.00 bits per heavy atom. The highest BCUT2D eigenvalue weighted by atomic mass is 35.5. The van der Waals surface area contributed by atoms with E-state index in [1.54, 1.807) is 24.3 Å². The van der Waals surface area contributed by atoms with E-state index in [2.05, 4.69) is 10.2 Å². The summed E-state index contributed by atoms with van der Waals surface area (Å²) in [5.74, 6) is -3.94. The van der Waals surface area contributed by atoms with Gasteiger partial charge in [0.1, 0.15) is 0 Å². The molecule has 8 nitrogen and oxygen atoms in total. The number of morpholine rings is 1. The van der Waals surface area contributed by atoms with Gasteiger partial charge in [-0.25, -0.2) is 9.59 Å². The van der Waals surface area contributed by atoms with E-state index in [1.165, 1.54) is 0 Å². The lowest BCUT2D eigenvalue weighted by Crippen LogP contribution is -2.43. The second-order valence-corrected chi connectivity index (χ2v) is 9.13. The monoisotopic (exact) mass is 562 g/mol. The van der Waals surface area contributed by atoms with Crippen LogP contribution in [0.1, 0.15) is 28.4 Å². The Balaban J connectivity index is 0.000000479. The zero-order valence-electron chi connectivity index (χ0n) is 19.2. The fourth-order valence-electron chi connectivity index (χ4n) is 4.25. The van der Waals surface area contributed by atoms with Crippen LogP contribution in [0.5, 0.6) is 0 Å². The van der Waals surface area contributed by atoms with Gasteiger partial charge in [-0.15, -0.1) is 0 Å². The normalized spacial score (nSPS) is 18.9. The number of aromatic carboxylic acids is 1. The summed E-state index contributed by atoms with van der Waals surface area (Å²) < 4.78 is 37.2. The molecule has 13 heteroatoms. The summed E-state index contributed by atoms with van der Waals surface area (Å²) in [6, 6.07) is 10.0. The molecule has 2 aromatic rings. The maximum Gasteiger partial charge on any atom is 0.490 e. The molecule has 2 aromatic carbocycles. The van der Waals surface area contributed by atoms with Crippen LogP contribution in [0, 0.1) is 5.92 Å². The average Bonchev–Trinajstić information content (AvgIpc) is 3.27. The molecule has 1 unspecified atom stereocenters. The van der Waals surface area contributed by atoms with E-state index in [9.17, 15) is 22.8 Å². The van der Waals surface area contributed by atoms with E-state index in [0.717, 1.165) is 23.1 Å². The van der Waals surface area contributed by atoms with Crippen molar-refractivity contribution in [2.45, 2.75) is 18.6 Å². The summed E-state index contributed by atoms with van der Waals surface area (Å²) in [6.45, 7) is 3.27. The van der Waals surface area contributed by atoms with E-state index in [-0.39, 0.29) is 23.4 Å². The highest BCUT2D eigenvalue weighted by Crippen LogP contribution is 2.43. The second-order valence-electron chi connectivity index (χ2n) is 8.32. The maximum absolute atomic E-state index is 12.5. The van der Waals surface area contributed by atoms with Gasteiger partial charge in [-0.05, 0) is 41.8 Å². The lowest BCUT2D eigenvalue weighted by molar-refractivity contribution is -0.192. The summed E-state index contributed by atoms with van der Waals surface area (Å²) in [6.07, 6.45) is -4.36. The zero-order chi connectivity index (χ0) is 27.3. The number of amides is 1. The quantitative estimate of drug-likeness (QED) is 0.491. The van der Waals surface area contributed by atoms with Gasteiger partial charge in [0.25, 0.3) is 0 Å². The molecular formula is C24H23Cl2F3N2O6. The number of alkyl halides is 3. The Kier molecular flexibility index (Phi) is 9.41. The number of carbonyl (C=O) groups excluding carboxylic acids is 1. The van der Waals surface area contributed by atoms with Gasteiger partial charge in [-0.2, -0.15) is 13.2 Å². The van der Waals surface area contributed by atoms with Crippen molar-refractivity contribution in [2.75, 3.05) is 32.8 Å². The fraction of sp³-hybridized carbons (Fsp3) is 0.375. The number of nitrogens with zero attached hydrogens (tertiary/aromatic N) is 1. The summed E-state index contributed by atoms with van der Waals surface area (Å²) in [4.78, 5) is 34.7. The lowest BCUT2D eigenvalue weighted by atomic mass is 9.88. The zero-order valence-corrected chi connectivity index (χ0v) is 20.7. The third kappa shape index (κ3) is 7.13. The molecule has 1 amide bonds. The minimum Gasteiger partial charge on any atom is -0.478 e. The number of carbonyl (C=O) groups is 3. The molecule has 0 radical (unpaired) electrons. The van der Waals surface area contributed by atoms with Crippen LogP contribution in [-0.2, 0) is 14.3 Å². The van der Waals surface area contributed by atoms with E-state index in [1.807, 2.05) is 12.1 Å². The minimum atomic E-state index is -5.08. The van der Waals surface area contributed by atoms with Crippen LogP contribution < -0.4 is 5.32 Å². The molecule has 0 aromatic heterocycles. The third-order valence-corrected chi connectivity index (χ3v) is 6.62. The first-order chi connectivity index (χ1) is 17.4. The van der Waals surface area contributed by atoms with Crippen LogP contribution >= 0.6 is 23.2 Å². The van der Waals surface area contributed by atoms with E-state index in [4.69, 9.17) is 42.9 Å². The molecule has 2 fully saturated rings. The van der Waals surface area contributed by atoms with E-state index >= 15 is 0 Å². The molecule has 0 bridgehead atoms. The molecule has 2 aliphatic rings. The summed E-state index contributed by atoms with van der Waals surface area (Å²) >= 11 is 13.5. The average molecular weight is 563 g/mol. The van der Waals surface area contributed by atoms with Gasteiger partial charge in [0, 0.05) is 41.3 Å². The van der Waals surface area contributed by atoms with Crippen LogP contribution in [0.2, 0.25) is 10.0 Å². The number of rotatable bonds is 5. The van der Waals surface area contributed by atoms with Crippen molar-refractivity contribution >= 4 is 41.0 Å². The van der Waals surface area contributed by atoms with Crippen molar-refractivity contribution in [1.29, 1.82) is 0 Å². The molecule has 2 atom stereocenters. The van der Waals surface area contributed by atoms with Crippen molar-refractivity contribution in [2.24, 2.45) is 5.92 Å². The third-order valence-electron chi connectivity index (χ3n) is 5.99. The van der Waals surface area contributed by atoms with Gasteiger partial charge >= 0.3 is 18.1 Å². The smallest absolute Gasteiger partial charge is 0.478 e. The molecule has 0 spiro atoms. The molecule has 200 valence electrons. The minimum absolute atomic E-state index is 0.0203. The van der Waals surface area contributed by atoms with Gasteiger partial charge in [0.15, 0.2) is 0 Å². The standard InChI is InChI=1S/C22H22Cl2N2O4.C2HF3O2/c23-17-11-15(13-1-3-14(4-2-13)22(28)29)12-18(24)19(17)20(16-5-6-25-21(16)27)26-7-9-30-10-8-26;3-2(4,5)1(6)7/h1-4,11-12,16,20H,5-10H2,(H,25,27)(H,28,29);(H,6,7)/t16?,20-;/m1./s1. The SMILES string of the molecule is O=C(O)C(F)(F)F.O=C(O)c1ccc(-c2cc(Cl)c([C@@H](C3CCNC3=O)N3CCOCC3)c(Cl)c2)cc1. The number of benzene rings is 2. The predicted octanol–water partition coefficient (Wildman–Crippen LogP) is 4.50. The van der Waals surface area contributed by atoms with Crippen LogP contribution in [0.4, 0.5) is 13.2 Å². The van der Waals surface area contributed by atoms with Crippen LogP contribution in [0.15, 0.2) is 36.4 Å².